The molecule has 0 bridgehead atoms. The Labute approximate surface area is 281 Å². The van der Waals surface area contributed by atoms with E-state index in [2.05, 4.69) is 30.0 Å². The molecule has 4 heterocycles. The van der Waals surface area contributed by atoms with E-state index in [4.69, 9.17) is 23.0 Å². The van der Waals surface area contributed by atoms with E-state index in [0.717, 1.165) is 14.7 Å². The van der Waals surface area contributed by atoms with Crippen molar-refractivity contribution in [3.63, 3.8) is 0 Å². The van der Waals surface area contributed by atoms with E-state index < -0.39 is 86.6 Å². The molecule has 2 aliphatic heterocycles. The molecular weight excluding hydrogens is 683 g/mol. The number of hydrogen-bond donors (Lipinski definition) is 3. The summed E-state index contributed by atoms with van der Waals surface area (Å²) in [6.07, 6.45) is -3.50. The quantitative estimate of drug-likeness (QED) is 0.0759. The van der Waals surface area contributed by atoms with E-state index in [1.807, 2.05) is 6.92 Å². The number of azide groups is 2. The van der Waals surface area contributed by atoms with E-state index >= 15 is 0 Å². The number of rotatable bonds is 13. The van der Waals surface area contributed by atoms with Crippen LogP contribution in [0.5, 0.6) is 0 Å². The van der Waals surface area contributed by atoms with Crippen molar-refractivity contribution in [3.05, 3.63) is 121 Å². The lowest BCUT2D eigenvalue weighted by atomic mass is 10.1. The number of ether oxygens (including phenoxy) is 2. The fraction of sp³-hybridized carbons (Fsp3) is 0.500. The average Bonchev–Trinajstić information content (AvgIpc) is 3.67. The lowest BCUT2D eigenvalue weighted by molar-refractivity contribution is -0.0759. The van der Waals surface area contributed by atoms with Gasteiger partial charge in [-0.05, 0) is 31.8 Å². The van der Waals surface area contributed by atoms with Crippen LogP contribution in [0.25, 0.3) is 20.9 Å². The topological polar surface area (TPSA) is 291 Å². The van der Waals surface area contributed by atoms with Crippen LogP contribution in [0.1, 0.15) is 53.8 Å². The molecule has 2 aliphatic rings. The second-order valence-corrected chi connectivity index (χ2v) is 13.3. The normalized spacial score (nSPS) is 25.0. The number of aromatic amines is 2. The molecule has 1 aromatic carbocycles. The van der Waals surface area contributed by atoms with Gasteiger partial charge in [0.2, 0.25) is 0 Å². The molecule has 0 spiro atoms. The molecule has 2 saturated heterocycles. The van der Waals surface area contributed by atoms with E-state index in [9.17, 15) is 39.9 Å². The summed E-state index contributed by atoms with van der Waals surface area (Å²) in [7, 11) is -4.79. The maximum Gasteiger partial charge on any atom is 0.477 e. The fourth-order valence-electron chi connectivity index (χ4n) is 5.39. The molecule has 21 nitrogen and oxygen atoms in total. The van der Waals surface area contributed by atoms with Crippen molar-refractivity contribution in [3.8, 4) is 0 Å². The summed E-state index contributed by atoms with van der Waals surface area (Å²) in [4.78, 5) is 58.7. The number of phosphoric acid groups is 1. The number of nitrogens with zero attached hydrogens (tertiary/aromatic N) is 8. The Kier molecular flexibility index (Phi) is 11.2. The van der Waals surface area contributed by atoms with Crippen molar-refractivity contribution < 1.29 is 32.7 Å². The molecule has 2 fully saturated rings. The Balaban J connectivity index is 1.37. The predicted molar refractivity (Wildman–Crippen MR) is 172 cm³/mol. The molecular formula is C28H33N10O11P. The molecule has 0 aliphatic carbocycles. The highest BCUT2D eigenvalue weighted by Crippen LogP contribution is 2.54. The molecule has 22 heteroatoms. The van der Waals surface area contributed by atoms with E-state index in [1.54, 1.807) is 12.1 Å². The average molecular weight is 717 g/mol. The van der Waals surface area contributed by atoms with Crippen LogP contribution in [-0.2, 0) is 27.6 Å². The van der Waals surface area contributed by atoms with E-state index in [1.165, 1.54) is 38.4 Å². The van der Waals surface area contributed by atoms with Crippen LogP contribution in [0.4, 0.5) is 0 Å². The highest BCUT2D eigenvalue weighted by atomic mass is 31.2. The lowest BCUT2D eigenvalue weighted by Gasteiger charge is -2.25. The monoisotopic (exact) mass is 716 g/mol. The minimum Gasteiger partial charge on any atom is -0.364 e. The molecule has 0 amide bonds. The first kappa shape index (κ1) is 36.5. The summed E-state index contributed by atoms with van der Waals surface area (Å²) >= 11 is 0. The Morgan fingerprint density at radius 3 is 1.72 bits per heavy atom. The van der Waals surface area contributed by atoms with Crippen molar-refractivity contribution in [2.45, 2.75) is 76.7 Å². The first-order valence-corrected chi connectivity index (χ1v) is 16.6. The standard InChI is InChI=1S/C28H33N10O11P/c1-14-4-6-17(7-5-14)26(41)49-50(44,45-12-20-18(33-35-29)8-22(47-20)37-10-15(2)24(39)31-27(37)42)46-13-21-19(34-36-30)9-23(48-21)38-11-16(3)25(40)32-28(38)43/h4-7,10-11,18-23,26,41H,8-9,12-13H2,1-3H3,(H,31,39,42)(H,32,40,43)/t18-,19-,20+,21+,22+,23+,26?/m0/s1. The van der Waals surface area contributed by atoms with Gasteiger partial charge in [0.1, 0.15) is 12.5 Å². The van der Waals surface area contributed by atoms with Crippen LogP contribution in [0.3, 0.4) is 0 Å². The number of aliphatic hydroxyl groups is 1. The third-order valence-electron chi connectivity index (χ3n) is 8.11. The van der Waals surface area contributed by atoms with Gasteiger partial charge in [-0.3, -0.25) is 42.3 Å². The van der Waals surface area contributed by atoms with Crippen LogP contribution < -0.4 is 22.5 Å². The zero-order valence-electron chi connectivity index (χ0n) is 26.9. The molecule has 5 rings (SSSR count). The van der Waals surface area contributed by atoms with E-state index in [0.29, 0.717) is 0 Å². The maximum atomic E-state index is 14.1. The van der Waals surface area contributed by atoms with Crippen LogP contribution in [0, 0.1) is 20.8 Å². The number of hydrogen-bond acceptors (Lipinski definition) is 13. The van der Waals surface area contributed by atoms with Gasteiger partial charge in [-0.2, -0.15) is 0 Å². The Bertz CT molecular complexity index is 1980. The van der Waals surface area contributed by atoms with Crippen molar-refractivity contribution in [1.82, 2.24) is 19.1 Å². The smallest absolute Gasteiger partial charge is 0.364 e. The molecule has 7 atom stereocenters. The molecule has 266 valence electrons. The molecule has 50 heavy (non-hydrogen) atoms. The third-order valence-corrected chi connectivity index (χ3v) is 9.49. The fourth-order valence-corrected chi connectivity index (χ4v) is 6.61. The summed E-state index contributed by atoms with van der Waals surface area (Å²) in [6, 6.07) is 4.55. The van der Waals surface area contributed by atoms with Crippen LogP contribution in [-0.4, -0.2) is 61.7 Å². The maximum absolute atomic E-state index is 14.1. The molecule has 1 unspecified atom stereocenters. The van der Waals surface area contributed by atoms with Gasteiger partial charge in [0.25, 0.3) is 11.1 Å². The van der Waals surface area contributed by atoms with Gasteiger partial charge in [0, 0.05) is 51.7 Å². The van der Waals surface area contributed by atoms with Crippen LogP contribution in [0.2, 0.25) is 0 Å². The summed E-state index contributed by atoms with van der Waals surface area (Å²) in [5.41, 5.74) is 17.2. The minimum atomic E-state index is -4.79. The first-order chi connectivity index (χ1) is 23.8. The second kappa shape index (κ2) is 15.4. The Morgan fingerprint density at radius 2 is 1.30 bits per heavy atom. The second-order valence-electron chi connectivity index (χ2n) is 11.6. The van der Waals surface area contributed by atoms with Crippen molar-refractivity contribution >= 4 is 7.82 Å². The van der Waals surface area contributed by atoms with Gasteiger partial charge in [0.15, 0.2) is 6.29 Å². The number of aromatic nitrogens is 4. The largest absolute Gasteiger partial charge is 0.477 e. The minimum absolute atomic E-state index is 0.0176. The molecule has 3 aromatic rings. The van der Waals surface area contributed by atoms with Gasteiger partial charge >= 0.3 is 19.2 Å². The number of nitrogens with one attached hydrogen (secondary N) is 2. The summed E-state index contributed by atoms with van der Waals surface area (Å²) < 4.78 is 44.9. The number of phosphoric ester groups is 1. The highest BCUT2D eigenvalue weighted by Gasteiger charge is 2.42. The number of aryl methyl sites for hydroxylation is 3. The highest BCUT2D eigenvalue weighted by molar-refractivity contribution is 7.48. The number of aliphatic hydroxyl groups excluding tert-OH is 1. The van der Waals surface area contributed by atoms with Gasteiger partial charge in [-0.1, -0.05) is 40.1 Å². The molecule has 0 saturated carbocycles. The molecule has 3 N–H and O–H groups in total. The zero-order valence-corrected chi connectivity index (χ0v) is 27.8. The first-order valence-electron chi connectivity index (χ1n) is 15.2. The molecule has 2 aromatic heterocycles. The van der Waals surface area contributed by atoms with Gasteiger partial charge in [0.05, 0.1) is 37.5 Å². The van der Waals surface area contributed by atoms with Crippen molar-refractivity contribution in [1.29, 1.82) is 0 Å². The van der Waals surface area contributed by atoms with Gasteiger partial charge in [-0.25, -0.2) is 14.2 Å². The zero-order chi connectivity index (χ0) is 36.2. The summed E-state index contributed by atoms with van der Waals surface area (Å²) in [5, 5.41) is 18.3. The summed E-state index contributed by atoms with van der Waals surface area (Å²) in [5.74, 6) is 0. The Hall–Kier alpha value is -4.81. The predicted octanol–water partition coefficient (Wildman–Crippen LogP) is 2.79. The van der Waals surface area contributed by atoms with Crippen LogP contribution in [0.15, 0.2) is 66.1 Å². The SMILES string of the molecule is Cc1ccc(C(O)OP(=O)(OC[C@H]2O[C@@H](n3cc(C)c(=O)[nH]c3=O)C[C@@H]2N=[N+]=[N-])OC[C@H]2O[C@@H](n3cc(C)c(=O)[nH]c3=O)C[C@@H]2N=[N+]=[N-])cc1. The lowest BCUT2D eigenvalue weighted by Crippen LogP contribution is -2.33. The number of H-pyrrole nitrogens is 2. The Morgan fingerprint density at radius 1 is 0.860 bits per heavy atom. The summed E-state index contributed by atoms with van der Waals surface area (Å²) in [6.45, 7) is 3.62. The third kappa shape index (κ3) is 8.31. The van der Waals surface area contributed by atoms with Crippen molar-refractivity contribution in [2.24, 2.45) is 10.2 Å². The number of benzene rings is 1. The molecule has 0 radical (unpaired) electrons. The van der Waals surface area contributed by atoms with Gasteiger partial charge in [-0.15, -0.1) is 0 Å². The van der Waals surface area contributed by atoms with Crippen molar-refractivity contribution in [2.75, 3.05) is 13.2 Å². The van der Waals surface area contributed by atoms with Crippen LogP contribution >= 0.6 is 7.82 Å². The van der Waals surface area contributed by atoms with E-state index in [-0.39, 0.29) is 29.5 Å². The van der Waals surface area contributed by atoms with Gasteiger partial charge < -0.3 is 14.6 Å².